The smallest absolute Gasteiger partial charge is 0.252 e. The third kappa shape index (κ3) is 6.07. The minimum atomic E-state index is -0.0778. The van der Waals surface area contributed by atoms with E-state index in [0.717, 1.165) is 25.7 Å². The van der Waals surface area contributed by atoms with Gasteiger partial charge in [0.25, 0.3) is 6.71 Å². The van der Waals surface area contributed by atoms with Crippen LogP contribution in [0.4, 0.5) is 45.5 Å². The minimum Gasteiger partial charge on any atom is -0.334 e. The molecule has 0 N–H and O–H groups in total. The van der Waals surface area contributed by atoms with Crippen LogP contribution < -0.4 is 31.1 Å². The van der Waals surface area contributed by atoms with Gasteiger partial charge in [-0.3, -0.25) is 0 Å². The van der Waals surface area contributed by atoms with Gasteiger partial charge in [-0.25, -0.2) is 0 Å². The SMILES string of the molecule is CC1(C)Cc2ccc(N3c4cc5c(cc4B4c6cc(C(C)(C)C)ccc6N(c6ccc(C(C)(C)C)cc6)c6cc(N7c8ccccc8C8(C)CCCCC78C)cc3c64)CC(C)(C)C5)cc2C1. The second kappa shape index (κ2) is 13.7. The van der Waals surface area contributed by atoms with Crippen molar-refractivity contribution < 1.29 is 0 Å². The van der Waals surface area contributed by atoms with Crippen LogP contribution >= 0.6 is 0 Å². The van der Waals surface area contributed by atoms with E-state index in [4.69, 9.17) is 0 Å². The van der Waals surface area contributed by atoms with Crippen molar-refractivity contribution in [1.82, 2.24) is 0 Å². The zero-order chi connectivity index (χ0) is 46.1. The molecule has 3 nitrogen and oxygen atoms in total. The fraction of sp³-hybridized carbons (Fsp3) is 0.419. The first-order chi connectivity index (χ1) is 31.1. The highest BCUT2D eigenvalue weighted by atomic mass is 15.3. The van der Waals surface area contributed by atoms with Gasteiger partial charge in [0.1, 0.15) is 0 Å². The summed E-state index contributed by atoms with van der Waals surface area (Å²) >= 11 is 0. The van der Waals surface area contributed by atoms with Gasteiger partial charge in [0.15, 0.2) is 0 Å². The Hall–Kier alpha value is -5.22. The highest BCUT2D eigenvalue weighted by molar-refractivity contribution is 7.00. The average molecular weight is 868 g/mol. The summed E-state index contributed by atoms with van der Waals surface area (Å²) in [7, 11) is 0. The first-order valence-electron chi connectivity index (χ1n) is 25.3. The van der Waals surface area contributed by atoms with Crippen molar-refractivity contribution in [2.75, 3.05) is 14.7 Å². The van der Waals surface area contributed by atoms with Crippen molar-refractivity contribution in [1.29, 1.82) is 0 Å². The lowest BCUT2D eigenvalue weighted by molar-refractivity contribution is 0.195. The molecule has 2 unspecified atom stereocenters. The Morgan fingerprint density at radius 2 is 1.02 bits per heavy atom. The van der Waals surface area contributed by atoms with E-state index in [1.165, 1.54) is 127 Å². The summed E-state index contributed by atoms with van der Waals surface area (Å²) < 4.78 is 0. The zero-order valence-electron chi connectivity index (χ0n) is 42.0. The van der Waals surface area contributed by atoms with Crippen LogP contribution in [0.15, 0.2) is 109 Å². The monoisotopic (exact) mass is 868 g/mol. The maximum absolute atomic E-state index is 2.82. The molecule has 336 valence electrons. The van der Waals surface area contributed by atoms with E-state index >= 15 is 0 Å². The molecule has 2 atom stereocenters. The van der Waals surface area contributed by atoms with E-state index < -0.39 is 0 Å². The predicted molar refractivity (Wildman–Crippen MR) is 283 cm³/mol. The molecule has 3 aliphatic heterocycles. The summed E-state index contributed by atoms with van der Waals surface area (Å²) in [6.07, 6.45) is 9.36. The quantitative estimate of drug-likeness (QED) is 0.164. The maximum Gasteiger partial charge on any atom is 0.252 e. The van der Waals surface area contributed by atoms with Crippen LogP contribution in [0.25, 0.3) is 0 Å². The molecule has 3 aliphatic carbocycles. The van der Waals surface area contributed by atoms with Crippen LogP contribution in [0, 0.1) is 10.8 Å². The molecule has 1 fully saturated rings. The molecule has 0 bridgehead atoms. The van der Waals surface area contributed by atoms with Gasteiger partial charge in [0.2, 0.25) is 0 Å². The van der Waals surface area contributed by atoms with Gasteiger partial charge in [-0.2, -0.15) is 0 Å². The maximum atomic E-state index is 2.82. The second-order valence-electron chi connectivity index (χ2n) is 25.7. The molecule has 3 heterocycles. The summed E-state index contributed by atoms with van der Waals surface area (Å²) in [6.45, 7) is 29.2. The van der Waals surface area contributed by atoms with Gasteiger partial charge in [-0.15, -0.1) is 0 Å². The number of nitrogens with zero attached hydrogens (tertiary/aromatic N) is 3. The minimum absolute atomic E-state index is 0.00387. The van der Waals surface area contributed by atoms with E-state index in [-0.39, 0.29) is 39.3 Å². The van der Waals surface area contributed by atoms with Crippen LogP contribution in [0.3, 0.4) is 0 Å². The van der Waals surface area contributed by atoms with Crippen LogP contribution in [0.5, 0.6) is 0 Å². The molecule has 66 heavy (non-hydrogen) atoms. The molecule has 0 spiro atoms. The molecule has 0 aromatic heterocycles. The third-order valence-corrected chi connectivity index (χ3v) is 17.6. The molecule has 6 aromatic carbocycles. The predicted octanol–water partition coefficient (Wildman–Crippen LogP) is 14.4. The van der Waals surface area contributed by atoms with E-state index in [9.17, 15) is 0 Å². The summed E-state index contributed by atoms with van der Waals surface area (Å²) in [5.74, 6) is 0. The van der Waals surface area contributed by atoms with E-state index in [0.29, 0.717) is 0 Å². The fourth-order valence-corrected chi connectivity index (χ4v) is 14.1. The molecule has 0 saturated heterocycles. The van der Waals surface area contributed by atoms with Crippen molar-refractivity contribution in [3.05, 3.63) is 148 Å². The number of hydrogen-bond acceptors (Lipinski definition) is 3. The molecule has 1 saturated carbocycles. The van der Waals surface area contributed by atoms with Gasteiger partial charge in [-0.05, 0) is 177 Å². The second-order valence-corrected chi connectivity index (χ2v) is 25.7. The number of anilines is 8. The standard InChI is InChI=1S/C62H70BN3/c1-57(2,3)43-20-24-45(25-21-43)64-52-26-22-44(58(4,5)6)32-50(52)63-49-30-41-37-60(9,10)38-42(41)31-53(49)65(46-23-19-39-35-59(7,8)36-40(39)29-46)55-34-47(33-54(64)56(55)63)66-51-18-14-13-17-48(51)61(11)27-15-16-28-62(61,66)12/h13-14,17-26,29-34H,15-16,27-28,35-38H2,1-12H3. The molecular weight excluding hydrogens is 798 g/mol. The molecule has 4 heteroatoms. The van der Waals surface area contributed by atoms with Gasteiger partial charge in [-0.1, -0.05) is 144 Å². The number of benzene rings is 6. The topological polar surface area (TPSA) is 9.72 Å². The van der Waals surface area contributed by atoms with Gasteiger partial charge in [0.05, 0.1) is 5.54 Å². The van der Waals surface area contributed by atoms with Crippen molar-refractivity contribution in [2.45, 2.75) is 156 Å². The van der Waals surface area contributed by atoms with Gasteiger partial charge >= 0.3 is 0 Å². The van der Waals surface area contributed by atoms with Crippen molar-refractivity contribution >= 4 is 68.6 Å². The summed E-state index contributed by atoms with van der Waals surface area (Å²) in [6, 6.07) is 44.5. The molecule has 0 radical (unpaired) electrons. The molecule has 6 aromatic rings. The Bertz CT molecular complexity index is 3010. The van der Waals surface area contributed by atoms with E-state index in [1.54, 1.807) is 0 Å². The Kier molecular flexibility index (Phi) is 8.75. The first kappa shape index (κ1) is 42.2. The number of para-hydroxylation sites is 1. The van der Waals surface area contributed by atoms with Crippen LogP contribution in [0.2, 0.25) is 0 Å². The van der Waals surface area contributed by atoms with Crippen LogP contribution in [-0.4, -0.2) is 12.3 Å². The summed E-state index contributed by atoms with van der Waals surface area (Å²) in [4.78, 5) is 8.20. The van der Waals surface area contributed by atoms with Crippen molar-refractivity contribution in [3.63, 3.8) is 0 Å². The highest BCUT2D eigenvalue weighted by Gasteiger charge is 2.58. The Labute approximate surface area is 396 Å². The molecule has 0 amide bonds. The highest BCUT2D eigenvalue weighted by Crippen LogP contribution is 2.62. The van der Waals surface area contributed by atoms with E-state index in [2.05, 4.69) is 207 Å². The third-order valence-electron chi connectivity index (χ3n) is 17.6. The van der Waals surface area contributed by atoms with Crippen molar-refractivity contribution in [3.8, 4) is 0 Å². The Balaban J connectivity index is 1.20. The lowest BCUT2D eigenvalue weighted by Gasteiger charge is -2.51. The first-order valence-corrected chi connectivity index (χ1v) is 25.3. The number of hydrogen-bond donors (Lipinski definition) is 0. The van der Waals surface area contributed by atoms with Gasteiger partial charge in [0, 0.05) is 50.9 Å². The number of fused-ring (bicyclic) bond motifs is 9. The van der Waals surface area contributed by atoms with Crippen LogP contribution in [0.1, 0.15) is 148 Å². The summed E-state index contributed by atoms with van der Waals surface area (Å²) in [5.41, 5.74) is 25.6. The van der Waals surface area contributed by atoms with Crippen LogP contribution in [-0.2, 0) is 41.9 Å². The molecule has 6 aliphatic rings. The zero-order valence-corrected chi connectivity index (χ0v) is 42.0. The molecular formula is C62H70BN3. The van der Waals surface area contributed by atoms with Gasteiger partial charge < -0.3 is 14.7 Å². The fourth-order valence-electron chi connectivity index (χ4n) is 14.1. The largest absolute Gasteiger partial charge is 0.334 e. The summed E-state index contributed by atoms with van der Waals surface area (Å²) in [5, 5.41) is 0. The molecule has 12 rings (SSSR count). The normalized spacial score (nSPS) is 22.9. The lowest BCUT2D eigenvalue weighted by Crippen LogP contribution is -2.62. The average Bonchev–Trinajstić information content (AvgIpc) is 3.82. The Morgan fingerprint density at radius 3 is 1.70 bits per heavy atom. The van der Waals surface area contributed by atoms with E-state index in [1.807, 2.05) is 0 Å². The Morgan fingerprint density at radius 1 is 0.455 bits per heavy atom. The number of rotatable bonds is 3. The lowest BCUT2D eigenvalue weighted by atomic mass is 9.33. The van der Waals surface area contributed by atoms with Crippen molar-refractivity contribution in [2.24, 2.45) is 10.8 Å².